The normalized spacial score (nSPS) is 11.0. The molecule has 0 spiro atoms. The van der Waals surface area contributed by atoms with Crippen molar-refractivity contribution in [2.24, 2.45) is 0 Å². The van der Waals surface area contributed by atoms with E-state index in [1.54, 1.807) is 53.7 Å². The first-order valence-corrected chi connectivity index (χ1v) is 11.1. The molecule has 0 saturated heterocycles. The molecule has 0 aliphatic rings. The lowest BCUT2D eigenvalue weighted by atomic mass is 10.1. The molecule has 152 valence electrons. The quantitative estimate of drug-likeness (QED) is 0.213. The lowest BCUT2D eigenvalue weighted by molar-refractivity contribution is 0.0697. The standard InChI is InChI=1S/C22H17FN2O3S2/c23-16-6-2-14(3-7-16)18-12-30-21-19(18)20(24-13-25-21)29-11-1-10-28-17-8-4-15(5-9-17)22(26)27/h2-9,12-13H,1,10-11H2,(H,26,27). The van der Waals surface area contributed by atoms with Crippen LogP contribution >= 0.6 is 23.1 Å². The summed E-state index contributed by atoms with van der Waals surface area (Å²) in [5, 5.41) is 12.8. The molecule has 0 aliphatic heterocycles. The van der Waals surface area contributed by atoms with Crippen LogP contribution in [0, 0.1) is 5.82 Å². The van der Waals surface area contributed by atoms with E-state index in [0.29, 0.717) is 12.4 Å². The highest BCUT2D eigenvalue weighted by molar-refractivity contribution is 7.99. The van der Waals surface area contributed by atoms with Crippen LogP contribution in [0.3, 0.4) is 0 Å². The fourth-order valence-electron chi connectivity index (χ4n) is 2.91. The number of fused-ring (bicyclic) bond motifs is 1. The summed E-state index contributed by atoms with van der Waals surface area (Å²) in [6.07, 6.45) is 2.36. The fraction of sp³-hybridized carbons (Fsp3) is 0.136. The minimum Gasteiger partial charge on any atom is -0.494 e. The van der Waals surface area contributed by atoms with Gasteiger partial charge in [0.15, 0.2) is 0 Å². The fourth-order valence-corrected chi connectivity index (χ4v) is 4.82. The maximum atomic E-state index is 13.3. The number of hydrogen-bond acceptors (Lipinski definition) is 6. The topological polar surface area (TPSA) is 72.3 Å². The Morgan fingerprint density at radius 3 is 2.60 bits per heavy atom. The van der Waals surface area contributed by atoms with Crippen molar-refractivity contribution < 1.29 is 19.0 Å². The summed E-state index contributed by atoms with van der Waals surface area (Å²) in [7, 11) is 0. The summed E-state index contributed by atoms with van der Waals surface area (Å²) in [6.45, 7) is 0.516. The Labute approximate surface area is 180 Å². The molecule has 2 heterocycles. The highest BCUT2D eigenvalue weighted by Crippen LogP contribution is 2.38. The predicted molar refractivity (Wildman–Crippen MR) is 117 cm³/mol. The Morgan fingerprint density at radius 2 is 1.87 bits per heavy atom. The Morgan fingerprint density at radius 1 is 1.10 bits per heavy atom. The van der Waals surface area contributed by atoms with Gasteiger partial charge in [-0.15, -0.1) is 23.1 Å². The average molecular weight is 441 g/mol. The second kappa shape index (κ2) is 9.23. The molecule has 0 amide bonds. The van der Waals surface area contributed by atoms with Crippen LogP contribution in [0.25, 0.3) is 21.3 Å². The van der Waals surface area contributed by atoms with Crippen molar-refractivity contribution in [1.29, 1.82) is 0 Å². The van der Waals surface area contributed by atoms with Crippen molar-refractivity contribution in [3.63, 3.8) is 0 Å². The van der Waals surface area contributed by atoms with Crippen molar-refractivity contribution in [2.45, 2.75) is 11.4 Å². The number of aromatic nitrogens is 2. The molecule has 0 fully saturated rings. The van der Waals surface area contributed by atoms with Gasteiger partial charge in [-0.3, -0.25) is 0 Å². The molecule has 4 aromatic rings. The lowest BCUT2D eigenvalue weighted by Gasteiger charge is -2.07. The number of hydrogen-bond donors (Lipinski definition) is 1. The minimum absolute atomic E-state index is 0.235. The van der Waals surface area contributed by atoms with Gasteiger partial charge in [-0.05, 0) is 48.4 Å². The number of carbonyl (C=O) groups is 1. The summed E-state index contributed by atoms with van der Waals surface area (Å²) < 4.78 is 19.0. The first kappa shape index (κ1) is 20.3. The molecular formula is C22H17FN2O3S2. The molecule has 0 radical (unpaired) electrons. The lowest BCUT2D eigenvalue weighted by Crippen LogP contribution is -2.00. The van der Waals surface area contributed by atoms with E-state index in [9.17, 15) is 9.18 Å². The van der Waals surface area contributed by atoms with Gasteiger partial charge >= 0.3 is 5.97 Å². The molecule has 0 atom stereocenters. The Hall–Kier alpha value is -2.97. The smallest absolute Gasteiger partial charge is 0.335 e. The number of halogens is 1. The SMILES string of the molecule is O=C(O)c1ccc(OCCCSc2ncnc3scc(-c4ccc(F)cc4)c23)cc1. The molecule has 8 heteroatoms. The Bertz CT molecular complexity index is 1160. The number of benzene rings is 2. The van der Waals surface area contributed by atoms with Crippen molar-refractivity contribution in [3.05, 3.63) is 71.6 Å². The number of thioether (sulfide) groups is 1. The monoisotopic (exact) mass is 440 g/mol. The summed E-state index contributed by atoms with van der Waals surface area (Å²) in [4.78, 5) is 20.6. The molecule has 2 aromatic carbocycles. The number of carboxylic acids is 1. The Balaban J connectivity index is 1.39. The second-order valence-electron chi connectivity index (χ2n) is 6.40. The molecule has 5 nitrogen and oxygen atoms in total. The van der Waals surface area contributed by atoms with Crippen molar-refractivity contribution >= 4 is 39.3 Å². The van der Waals surface area contributed by atoms with Gasteiger partial charge in [0, 0.05) is 16.7 Å². The molecular weight excluding hydrogens is 423 g/mol. The van der Waals surface area contributed by atoms with Crippen LogP contribution in [-0.4, -0.2) is 33.4 Å². The number of aromatic carboxylic acids is 1. The van der Waals surface area contributed by atoms with Crippen LogP contribution in [0.1, 0.15) is 16.8 Å². The van der Waals surface area contributed by atoms with E-state index in [0.717, 1.165) is 38.5 Å². The van der Waals surface area contributed by atoms with Gasteiger partial charge in [-0.1, -0.05) is 12.1 Å². The summed E-state index contributed by atoms with van der Waals surface area (Å²) in [5.74, 6) is 0.230. The van der Waals surface area contributed by atoms with E-state index in [1.165, 1.54) is 24.3 Å². The first-order valence-electron chi connectivity index (χ1n) is 9.19. The minimum atomic E-state index is -0.956. The summed E-state index contributed by atoms with van der Waals surface area (Å²) in [6, 6.07) is 12.8. The maximum Gasteiger partial charge on any atom is 0.335 e. The van der Waals surface area contributed by atoms with Gasteiger partial charge in [0.2, 0.25) is 0 Å². The third-order valence-electron chi connectivity index (χ3n) is 4.39. The molecule has 0 bridgehead atoms. The van der Waals surface area contributed by atoms with Crippen molar-refractivity contribution in [3.8, 4) is 16.9 Å². The number of rotatable bonds is 8. The number of ether oxygens (including phenoxy) is 1. The van der Waals surface area contributed by atoms with E-state index in [-0.39, 0.29) is 11.4 Å². The maximum absolute atomic E-state index is 13.3. The molecule has 0 saturated carbocycles. The van der Waals surface area contributed by atoms with Crippen LogP contribution in [0.5, 0.6) is 5.75 Å². The number of carboxylic acid groups (broad SMARTS) is 1. The second-order valence-corrected chi connectivity index (χ2v) is 8.34. The van der Waals surface area contributed by atoms with Crippen LogP contribution in [0.4, 0.5) is 4.39 Å². The third-order valence-corrected chi connectivity index (χ3v) is 6.35. The van der Waals surface area contributed by atoms with E-state index in [1.807, 2.05) is 5.38 Å². The average Bonchev–Trinajstić information content (AvgIpc) is 3.19. The molecule has 0 unspecified atom stereocenters. The summed E-state index contributed by atoms with van der Waals surface area (Å²) >= 11 is 3.18. The molecule has 2 aromatic heterocycles. The predicted octanol–water partition coefficient (Wildman–Crippen LogP) is 5.76. The van der Waals surface area contributed by atoms with E-state index in [2.05, 4.69) is 9.97 Å². The first-order chi connectivity index (χ1) is 14.6. The number of nitrogens with zero attached hydrogens (tertiary/aromatic N) is 2. The summed E-state index contributed by atoms with van der Waals surface area (Å²) in [5.41, 5.74) is 2.18. The van der Waals surface area contributed by atoms with Crippen LogP contribution in [0.2, 0.25) is 0 Å². The van der Waals surface area contributed by atoms with Gasteiger partial charge in [0.25, 0.3) is 0 Å². The van der Waals surface area contributed by atoms with Crippen molar-refractivity contribution in [1.82, 2.24) is 9.97 Å². The van der Waals surface area contributed by atoms with Gasteiger partial charge in [-0.25, -0.2) is 19.2 Å². The number of thiophene rings is 1. The molecule has 4 rings (SSSR count). The van der Waals surface area contributed by atoms with Crippen LogP contribution < -0.4 is 4.74 Å². The Kier molecular flexibility index (Phi) is 6.25. The van der Waals surface area contributed by atoms with Crippen molar-refractivity contribution in [2.75, 3.05) is 12.4 Å². The van der Waals surface area contributed by atoms with Gasteiger partial charge in [0.05, 0.1) is 17.6 Å². The van der Waals surface area contributed by atoms with E-state index >= 15 is 0 Å². The highest BCUT2D eigenvalue weighted by Gasteiger charge is 2.13. The molecule has 0 aliphatic carbocycles. The van der Waals surface area contributed by atoms with Crippen LogP contribution in [-0.2, 0) is 0 Å². The highest BCUT2D eigenvalue weighted by atomic mass is 32.2. The van der Waals surface area contributed by atoms with Gasteiger partial charge in [0.1, 0.15) is 27.8 Å². The van der Waals surface area contributed by atoms with Gasteiger partial charge in [-0.2, -0.15) is 0 Å². The van der Waals surface area contributed by atoms with Crippen LogP contribution in [0.15, 0.2) is 65.3 Å². The third kappa shape index (κ3) is 4.60. The van der Waals surface area contributed by atoms with Gasteiger partial charge < -0.3 is 9.84 Å². The molecule has 30 heavy (non-hydrogen) atoms. The van der Waals surface area contributed by atoms with E-state index in [4.69, 9.17) is 9.84 Å². The molecule has 1 N–H and O–H groups in total. The van der Waals surface area contributed by atoms with E-state index < -0.39 is 5.97 Å². The zero-order valence-corrected chi connectivity index (χ0v) is 17.4. The zero-order chi connectivity index (χ0) is 20.9. The zero-order valence-electron chi connectivity index (χ0n) is 15.7. The largest absolute Gasteiger partial charge is 0.494 e.